The van der Waals surface area contributed by atoms with E-state index in [9.17, 15) is 4.39 Å². The molecule has 0 amide bonds. The van der Waals surface area contributed by atoms with Gasteiger partial charge in [-0.2, -0.15) is 5.10 Å². The van der Waals surface area contributed by atoms with Gasteiger partial charge in [0.25, 0.3) is 0 Å². The lowest BCUT2D eigenvalue weighted by Crippen LogP contribution is -1.97. The smallest absolute Gasteiger partial charge is 0.141 e. The highest BCUT2D eigenvalue weighted by Gasteiger charge is 2.14. The number of nitrogen functional groups attached to an aromatic ring is 1. The number of nitrogens with zero attached hydrogens (tertiary/aromatic N) is 2. The molecule has 1 aromatic carbocycles. The van der Waals surface area contributed by atoms with E-state index in [4.69, 9.17) is 17.3 Å². The molecule has 0 aliphatic heterocycles. The van der Waals surface area contributed by atoms with Crippen molar-refractivity contribution in [3.8, 4) is 11.3 Å². The van der Waals surface area contributed by atoms with Crippen LogP contribution in [0.3, 0.4) is 0 Å². The van der Waals surface area contributed by atoms with Gasteiger partial charge in [-0.15, -0.1) is 0 Å². The summed E-state index contributed by atoms with van der Waals surface area (Å²) in [5.41, 5.74) is 7.11. The van der Waals surface area contributed by atoms with Crippen molar-refractivity contribution in [3.05, 3.63) is 33.5 Å². The van der Waals surface area contributed by atoms with Crippen LogP contribution in [-0.4, -0.2) is 9.78 Å². The van der Waals surface area contributed by atoms with E-state index in [1.54, 1.807) is 13.1 Å². The summed E-state index contributed by atoms with van der Waals surface area (Å²) in [4.78, 5) is 0. The first-order valence-electron chi connectivity index (χ1n) is 4.44. The van der Waals surface area contributed by atoms with Crippen LogP contribution in [0.15, 0.2) is 22.7 Å². The highest BCUT2D eigenvalue weighted by Crippen LogP contribution is 2.33. The van der Waals surface area contributed by atoms with Crippen molar-refractivity contribution < 1.29 is 4.39 Å². The maximum Gasteiger partial charge on any atom is 0.141 e. The number of aromatic nitrogens is 2. The second-order valence-corrected chi connectivity index (χ2v) is 4.50. The number of nitrogens with two attached hydrogens (primary N) is 1. The van der Waals surface area contributed by atoms with Gasteiger partial charge in [-0.25, -0.2) is 4.39 Å². The maximum atomic E-state index is 13.0. The average Bonchev–Trinajstić information content (AvgIpc) is 2.50. The zero-order chi connectivity index (χ0) is 11.9. The zero-order valence-electron chi connectivity index (χ0n) is 8.34. The average molecular weight is 305 g/mol. The molecule has 0 aliphatic rings. The molecule has 6 heteroatoms. The molecule has 0 unspecified atom stereocenters. The quantitative estimate of drug-likeness (QED) is 0.879. The SMILES string of the molecule is Cn1nc(-c2ccc(F)c(Cl)c2)c(Br)c1N. The summed E-state index contributed by atoms with van der Waals surface area (Å²) in [6.45, 7) is 0. The molecule has 2 rings (SSSR count). The first-order chi connectivity index (χ1) is 7.50. The first-order valence-corrected chi connectivity index (χ1v) is 5.61. The number of anilines is 1. The minimum absolute atomic E-state index is 0.0635. The second-order valence-electron chi connectivity index (χ2n) is 3.30. The van der Waals surface area contributed by atoms with E-state index in [-0.39, 0.29) is 5.02 Å². The fourth-order valence-corrected chi connectivity index (χ4v) is 2.08. The molecular formula is C10H8BrClFN3. The monoisotopic (exact) mass is 303 g/mol. The lowest BCUT2D eigenvalue weighted by Gasteiger charge is -1.99. The van der Waals surface area contributed by atoms with Crippen molar-refractivity contribution in [2.75, 3.05) is 5.73 Å². The Kier molecular flexibility index (Phi) is 2.90. The standard InChI is InChI=1S/C10H8BrClFN3/c1-16-10(14)8(11)9(15-16)5-2-3-7(13)6(12)4-5/h2-4H,14H2,1H3. The fraction of sp³-hybridized carbons (Fsp3) is 0.100. The molecule has 0 spiro atoms. The van der Waals surface area contributed by atoms with Crippen LogP contribution in [0.25, 0.3) is 11.3 Å². The molecule has 3 nitrogen and oxygen atoms in total. The van der Waals surface area contributed by atoms with Crippen LogP contribution < -0.4 is 5.73 Å². The summed E-state index contributed by atoms with van der Waals surface area (Å²) >= 11 is 9.04. The number of aryl methyl sites for hydroxylation is 1. The summed E-state index contributed by atoms with van der Waals surface area (Å²) in [7, 11) is 1.73. The van der Waals surface area contributed by atoms with Gasteiger partial charge >= 0.3 is 0 Å². The topological polar surface area (TPSA) is 43.8 Å². The highest BCUT2D eigenvalue weighted by molar-refractivity contribution is 9.10. The summed E-state index contributed by atoms with van der Waals surface area (Å²) in [6.07, 6.45) is 0. The van der Waals surface area contributed by atoms with E-state index < -0.39 is 5.82 Å². The van der Waals surface area contributed by atoms with Gasteiger partial charge in [0, 0.05) is 12.6 Å². The van der Waals surface area contributed by atoms with Gasteiger partial charge in [0.1, 0.15) is 17.3 Å². The predicted molar refractivity (Wildman–Crippen MR) is 65.7 cm³/mol. The van der Waals surface area contributed by atoms with Gasteiger partial charge in [-0.1, -0.05) is 11.6 Å². The van der Waals surface area contributed by atoms with Gasteiger partial charge in [-0.05, 0) is 34.1 Å². The van der Waals surface area contributed by atoms with Gasteiger partial charge in [0.05, 0.1) is 9.50 Å². The van der Waals surface area contributed by atoms with Crippen LogP contribution in [-0.2, 0) is 7.05 Å². The van der Waals surface area contributed by atoms with E-state index in [0.717, 1.165) is 0 Å². The van der Waals surface area contributed by atoms with Crippen molar-refractivity contribution in [3.63, 3.8) is 0 Å². The predicted octanol–water partition coefficient (Wildman–Crippen LogP) is 3.22. The molecule has 0 bridgehead atoms. The molecule has 1 aromatic heterocycles. The molecule has 2 N–H and O–H groups in total. The second kappa shape index (κ2) is 4.07. The van der Waals surface area contributed by atoms with Crippen molar-refractivity contribution in [1.29, 1.82) is 0 Å². The third-order valence-electron chi connectivity index (χ3n) is 2.22. The third-order valence-corrected chi connectivity index (χ3v) is 3.30. The summed E-state index contributed by atoms with van der Waals surface area (Å²) < 4.78 is 15.2. The van der Waals surface area contributed by atoms with Gasteiger partial charge in [-0.3, -0.25) is 4.68 Å². The molecule has 0 radical (unpaired) electrons. The third kappa shape index (κ3) is 1.81. The Morgan fingerprint density at radius 1 is 1.50 bits per heavy atom. The molecule has 0 saturated carbocycles. The van der Waals surface area contributed by atoms with Crippen LogP contribution in [0, 0.1) is 5.82 Å². The molecule has 0 saturated heterocycles. The Bertz CT molecular complexity index is 553. The Labute approximate surface area is 105 Å². The van der Waals surface area contributed by atoms with Crippen molar-refractivity contribution >= 4 is 33.3 Å². The molecule has 0 fully saturated rings. The molecule has 16 heavy (non-hydrogen) atoms. The minimum atomic E-state index is -0.453. The summed E-state index contributed by atoms with van der Waals surface area (Å²) in [5.74, 6) is 0.0564. The van der Waals surface area contributed by atoms with E-state index in [1.165, 1.54) is 16.8 Å². The van der Waals surface area contributed by atoms with Crippen molar-refractivity contribution in [2.45, 2.75) is 0 Å². The summed E-state index contributed by atoms with van der Waals surface area (Å²) in [6, 6.07) is 4.42. The maximum absolute atomic E-state index is 13.0. The van der Waals surface area contributed by atoms with Crippen LogP contribution in [0.2, 0.25) is 5.02 Å². The number of rotatable bonds is 1. The minimum Gasteiger partial charge on any atom is -0.383 e. The van der Waals surface area contributed by atoms with E-state index in [1.807, 2.05) is 0 Å². The van der Waals surface area contributed by atoms with Crippen molar-refractivity contribution in [2.24, 2.45) is 7.05 Å². The Morgan fingerprint density at radius 3 is 2.69 bits per heavy atom. The van der Waals surface area contributed by atoms with Gasteiger partial charge < -0.3 is 5.73 Å². The Morgan fingerprint density at radius 2 is 2.19 bits per heavy atom. The Hall–Kier alpha value is -1.07. The van der Waals surface area contributed by atoms with E-state index in [0.29, 0.717) is 21.5 Å². The van der Waals surface area contributed by atoms with Crippen LogP contribution in [0.4, 0.5) is 10.2 Å². The number of hydrogen-bond donors (Lipinski definition) is 1. The zero-order valence-corrected chi connectivity index (χ0v) is 10.7. The van der Waals surface area contributed by atoms with Crippen molar-refractivity contribution in [1.82, 2.24) is 9.78 Å². The molecule has 1 heterocycles. The number of hydrogen-bond acceptors (Lipinski definition) is 2. The van der Waals surface area contributed by atoms with Crippen LogP contribution >= 0.6 is 27.5 Å². The lowest BCUT2D eigenvalue weighted by atomic mass is 10.1. The van der Waals surface area contributed by atoms with Gasteiger partial charge in [0.2, 0.25) is 0 Å². The molecule has 2 aromatic rings. The van der Waals surface area contributed by atoms with E-state index in [2.05, 4.69) is 21.0 Å². The number of benzene rings is 1. The Balaban J connectivity index is 2.59. The first kappa shape index (κ1) is 11.4. The molecule has 84 valence electrons. The fourth-order valence-electron chi connectivity index (χ4n) is 1.34. The normalized spacial score (nSPS) is 10.8. The number of halogens is 3. The molecule has 0 atom stereocenters. The summed E-state index contributed by atoms with van der Waals surface area (Å²) in [5, 5.41) is 4.28. The van der Waals surface area contributed by atoms with Crippen LogP contribution in [0.5, 0.6) is 0 Å². The van der Waals surface area contributed by atoms with Crippen LogP contribution in [0.1, 0.15) is 0 Å². The molecule has 0 aliphatic carbocycles. The molecular weight excluding hydrogens is 296 g/mol. The lowest BCUT2D eigenvalue weighted by molar-refractivity contribution is 0.628. The highest BCUT2D eigenvalue weighted by atomic mass is 79.9. The van der Waals surface area contributed by atoms with E-state index >= 15 is 0 Å². The largest absolute Gasteiger partial charge is 0.383 e. The van der Waals surface area contributed by atoms with Gasteiger partial charge in [0.15, 0.2) is 0 Å².